The van der Waals surface area contributed by atoms with Crippen LogP contribution in [0.4, 0.5) is 4.39 Å². The average molecular weight is 371 g/mol. The Bertz CT molecular complexity index is 869. The van der Waals surface area contributed by atoms with Gasteiger partial charge in [0.2, 0.25) is 11.7 Å². The van der Waals surface area contributed by atoms with Gasteiger partial charge in [0.1, 0.15) is 12.4 Å². The summed E-state index contributed by atoms with van der Waals surface area (Å²) in [7, 11) is 1.91. The van der Waals surface area contributed by atoms with E-state index in [4.69, 9.17) is 14.0 Å². The molecule has 0 aliphatic carbocycles. The summed E-state index contributed by atoms with van der Waals surface area (Å²) in [6, 6.07) is 13.9. The molecule has 0 N–H and O–H groups in total. The molecule has 0 saturated heterocycles. The topological polar surface area (TPSA) is 60.6 Å². The molecule has 7 heteroatoms. The fourth-order valence-electron chi connectivity index (χ4n) is 2.54. The summed E-state index contributed by atoms with van der Waals surface area (Å²) in [4.78, 5) is 6.41. The molecule has 0 atom stereocenters. The number of likely N-dealkylation sites (N-methyl/N-ethyl adjacent to an activating group) is 1. The highest BCUT2D eigenvalue weighted by molar-refractivity contribution is 5.63. The first-order valence-electron chi connectivity index (χ1n) is 8.78. The molecule has 0 spiro atoms. The fraction of sp³-hybridized carbons (Fsp3) is 0.300. The third-order valence-corrected chi connectivity index (χ3v) is 3.87. The van der Waals surface area contributed by atoms with Crippen molar-refractivity contribution in [2.75, 3.05) is 26.8 Å². The summed E-state index contributed by atoms with van der Waals surface area (Å²) in [5.41, 5.74) is 0.792. The summed E-state index contributed by atoms with van der Waals surface area (Å²) in [5, 5.41) is 4.05. The third-order valence-electron chi connectivity index (χ3n) is 3.87. The van der Waals surface area contributed by atoms with Crippen LogP contribution in [0.1, 0.15) is 12.8 Å². The molecule has 3 aromatic rings. The maximum Gasteiger partial charge on any atom is 0.241 e. The van der Waals surface area contributed by atoms with Crippen LogP contribution in [0, 0.1) is 5.82 Å². The molecule has 0 bridgehead atoms. The fourth-order valence-corrected chi connectivity index (χ4v) is 2.54. The number of ether oxygens (including phenoxy) is 2. The van der Waals surface area contributed by atoms with Crippen LogP contribution in [-0.2, 0) is 6.54 Å². The second-order valence-electron chi connectivity index (χ2n) is 5.96. The second kappa shape index (κ2) is 9.14. The van der Waals surface area contributed by atoms with E-state index in [1.807, 2.05) is 43.1 Å². The number of aromatic nitrogens is 2. The molecule has 0 fully saturated rings. The Hall–Kier alpha value is -2.93. The van der Waals surface area contributed by atoms with Crippen LogP contribution in [-0.4, -0.2) is 41.8 Å². The van der Waals surface area contributed by atoms with Gasteiger partial charge in [-0.1, -0.05) is 29.4 Å². The van der Waals surface area contributed by atoms with E-state index in [2.05, 4.69) is 10.1 Å². The Morgan fingerprint density at radius 1 is 1.04 bits per heavy atom. The van der Waals surface area contributed by atoms with Gasteiger partial charge in [-0.3, -0.25) is 4.90 Å². The van der Waals surface area contributed by atoms with Gasteiger partial charge in [-0.2, -0.15) is 4.98 Å². The maximum absolute atomic E-state index is 13.5. The van der Waals surface area contributed by atoms with E-state index in [0.29, 0.717) is 38.0 Å². The number of hydrogen-bond donors (Lipinski definition) is 0. The first kappa shape index (κ1) is 18.8. The largest absolute Gasteiger partial charge is 0.493 e. The Morgan fingerprint density at radius 3 is 2.56 bits per heavy atom. The lowest BCUT2D eigenvalue weighted by molar-refractivity contribution is 0.208. The summed E-state index contributed by atoms with van der Waals surface area (Å²) < 4.78 is 29.9. The van der Waals surface area contributed by atoms with Gasteiger partial charge >= 0.3 is 0 Å². The number of para-hydroxylation sites is 2. The molecule has 0 amide bonds. The number of hydrogen-bond acceptors (Lipinski definition) is 6. The summed E-state index contributed by atoms with van der Waals surface area (Å²) in [5.74, 6) is 1.59. The number of nitrogens with zero attached hydrogens (tertiary/aromatic N) is 3. The minimum absolute atomic E-state index is 0.249. The summed E-state index contributed by atoms with van der Waals surface area (Å²) in [6.45, 7) is 3.89. The van der Waals surface area contributed by atoms with Gasteiger partial charge in [-0.15, -0.1) is 0 Å². The first-order valence-corrected chi connectivity index (χ1v) is 8.78. The van der Waals surface area contributed by atoms with Crippen LogP contribution in [0.25, 0.3) is 11.4 Å². The Morgan fingerprint density at radius 2 is 1.78 bits per heavy atom. The smallest absolute Gasteiger partial charge is 0.241 e. The van der Waals surface area contributed by atoms with Crippen molar-refractivity contribution in [1.82, 2.24) is 15.0 Å². The lowest BCUT2D eigenvalue weighted by atomic mass is 10.2. The third kappa shape index (κ3) is 5.04. The number of benzene rings is 2. The van der Waals surface area contributed by atoms with Gasteiger partial charge < -0.3 is 14.0 Å². The van der Waals surface area contributed by atoms with Gasteiger partial charge in [-0.25, -0.2) is 4.39 Å². The monoisotopic (exact) mass is 371 g/mol. The zero-order valence-corrected chi connectivity index (χ0v) is 15.4. The number of rotatable bonds is 9. The van der Waals surface area contributed by atoms with E-state index in [0.717, 1.165) is 11.3 Å². The maximum atomic E-state index is 13.5. The molecule has 0 saturated carbocycles. The van der Waals surface area contributed by atoms with Crippen molar-refractivity contribution in [2.45, 2.75) is 13.5 Å². The van der Waals surface area contributed by atoms with Crippen LogP contribution < -0.4 is 9.47 Å². The van der Waals surface area contributed by atoms with Crippen molar-refractivity contribution in [3.05, 3.63) is 60.2 Å². The van der Waals surface area contributed by atoms with Gasteiger partial charge in [0.25, 0.3) is 0 Å². The molecule has 1 aromatic heterocycles. The SMILES string of the molecule is CCOc1ccccc1-c1noc(CN(C)CCOc2ccccc2F)n1. The molecule has 0 unspecified atom stereocenters. The predicted molar refractivity (Wildman–Crippen MR) is 99.1 cm³/mol. The van der Waals surface area contributed by atoms with Crippen LogP contribution >= 0.6 is 0 Å². The Kier molecular flexibility index (Phi) is 6.38. The van der Waals surface area contributed by atoms with Gasteiger partial charge in [-0.05, 0) is 38.2 Å². The molecule has 1 heterocycles. The molecule has 0 radical (unpaired) electrons. The van der Waals surface area contributed by atoms with Crippen LogP contribution in [0.3, 0.4) is 0 Å². The standard InChI is InChI=1S/C20H22FN3O3/c1-3-25-17-10-6-4-8-15(17)20-22-19(27-23-20)14-24(2)12-13-26-18-11-7-5-9-16(18)21/h4-11H,3,12-14H2,1-2H3. The quantitative estimate of drug-likeness (QED) is 0.570. The zero-order valence-electron chi connectivity index (χ0n) is 15.4. The molecule has 27 heavy (non-hydrogen) atoms. The van der Waals surface area contributed by atoms with Crippen molar-refractivity contribution in [2.24, 2.45) is 0 Å². The lowest BCUT2D eigenvalue weighted by Gasteiger charge is -2.14. The minimum Gasteiger partial charge on any atom is -0.493 e. The van der Waals surface area contributed by atoms with Crippen molar-refractivity contribution in [1.29, 1.82) is 0 Å². The first-order chi connectivity index (χ1) is 13.2. The summed E-state index contributed by atoms with van der Waals surface area (Å²) in [6.07, 6.45) is 0. The highest BCUT2D eigenvalue weighted by atomic mass is 19.1. The molecule has 0 aliphatic rings. The summed E-state index contributed by atoms with van der Waals surface area (Å²) >= 11 is 0. The molecule has 0 aliphatic heterocycles. The molecular formula is C20H22FN3O3. The van der Waals surface area contributed by atoms with Crippen LogP contribution in [0.2, 0.25) is 0 Å². The van der Waals surface area contributed by atoms with Crippen molar-refractivity contribution >= 4 is 0 Å². The average Bonchev–Trinajstić information content (AvgIpc) is 3.12. The Labute approximate surface area is 157 Å². The van der Waals surface area contributed by atoms with Gasteiger partial charge in [0.05, 0.1) is 18.7 Å². The van der Waals surface area contributed by atoms with Gasteiger partial charge in [0.15, 0.2) is 11.6 Å². The highest BCUT2D eigenvalue weighted by Crippen LogP contribution is 2.27. The number of halogens is 1. The van der Waals surface area contributed by atoms with E-state index in [9.17, 15) is 4.39 Å². The van der Waals surface area contributed by atoms with Crippen molar-refractivity contribution in [3.8, 4) is 22.9 Å². The normalized spacial score (nSPS) is 11.0. The molecule has 3 rings (SSSR count). The molecule has 2 aromatic carbocycles. The minimum atomic E-state index is -0.366. The van der Waals surface area contributed by atoms with E-state index in [-0.39, 0.29) is 11.6 Å². The van der Waals surface area contributed by atoms with Crippen LogP contribution in [0.15, 0.2) is 53.1 Å². The predicted octanol–water partition coefficient (Wildman–Crippen LogP) is 3.79. The van der Waals surface area contributed by atoms with E-state index in [1.165, 1.54) is 6.07 Å². The zero-order chi connectivity index (χ0) is 19.1. The molecule has 6 nitrogen and oxygen atoms in total. The van der Waals surface area contributed by atoms with E-state index in [1.54, 1.807) is 18.2 Å². The molecule has 142 valence electrons. The van der Waals surface area contributed by atoms with Crippen molar-refractivity contribution in [3.63, 3.8) is 0 Å². The second-order valence-corrected chi connectivity index (χ2v) is 5.96. The van der Waals surface area contributed by atoms with Crippen LogP contribution in [0.5, 0.6) is 11.5 Å². The highest BCUT2D eigenvalue weighted by Gasteiger charge is 2.14. The van der Waals surface area contributed by atoms with Crippen molar-refractivity contribution < 1.29 is 18.4 Å². The Balaban J connectivity index is 1.55. The lowest BCUT2D eigenvalue weighted by Crippen LogP contribution is -2.24. The van der Waals surface area contributed by atoms with E-state index >= 15 is 0 Å². The molecular weight excluding hydrogens is 349 g/mol. The van der Waals surface area contributed by atoms with Gasteiger partial charge in [0, 0.05) is 6.54 Å². The van der Waals surface area contributed by atoms with E-state index < -0.39 is 0 Å².